The molecule has 4 rings (SSSR count). The van der Waals surface area contributed by atoms with Crippen LogP contribution in [0.4, 0.5) is 0 Å². The molecule has 0 saturated heterocycles. The van der Waals surface area contributed by atoms with Gasteiger partial charge in [-0.25, -0.2) is 9.59 Å². The fourth-order valence-corrected chi connectivity index (χ4v) is 6.81. The van der Waals surface area contributed by atoms with Crippen molar-refractivity contribution in [3.05, 3.63) is 77.9 Å². The van der Waals surface area contributed by atoms with Crippen molar-refractivity contribution in [1.29, 1.82) is 0 Å². The van der Waals surface area contributed by atoms with Crippen molar-refractivity contribution >= 4 is 46.3 Å². The lowest BCUT2D eigenvalue weighted by molar-refractivity contribution is -0.179. The monoisotopic (exact) mass is 801 g/mol. The fraction of sp³-hybridized carbons (Fsp3) is 0.500. The number of nitrogens with two attached hydrogens (primary N) is 2. The summed E-state index contributed by atoms with van der Waals surface area (Å²) < 4.78 is 16.5. The number of carbonyl (C=O) groups excluding carboxylic acids is 6. The maximum absolute atomic E-state index is 14.0. The lowest BCUT2D eigenvalue weighted by Gasteiger charge is -2.38. The maximum Gasteiger partial charge on any atom is 0.359 e. The molecule has 3 aromatic carbocycles. The molecule has 4 amide bonds. The molecule has 2 atom stereocenters. The Balaban J connectivity index is 1.37. The van der Waals surface area contributed by atoms with E-state index in [1.54, 1.807) is 53.7 Å². The van der Waals surface area contributed by atoms with Gasteiger partial charge >= 0.3 is 11.9 Å². The number of amides is 4. The molecule has 1 aliphatic carbocycles. The Morgan fingerprint density at radius 2 is 1.38 bits per heavy atom. The van der Waals surface area contributed by atoms with Crippen LogP contribution in [0.5, 0.6) is 5.75 Å². The van der Waals surface area contributed by atoms with Crippen molar-refractivity contribution in [2.24, 2.45) is 11.5 Å². The van der Waals surface area contributed by atoms with Crippen LogP contribution in [-0.2, 0) is 51.1 Å². The topological polar surface area (TPSA) is 218 Å². The minimum Gasteiger partial charge on any atom is -0.467 e. The molecule has 0 spiro atoms. The third-order valence-electron chi connectivity index (χ3n) is 9.54. The summed E-state index contributed by atoms with van der Waals surface area (Å²) >= 11 is 0. The van der Waals surface area contributed by atoms with Crippen LogP contribution in [0.3, 0.4) is 0 Å². The molecule has 14 nitrogen and oxygen atoms in total. The van der Waals surface area contributed by atoms with E-state index in [4.69, 9.17) is 25.7 Å². The first-order valence-corrected chi connectivity index (χ1v) is 19.9. The first-order valence-electron chi connectivity index (χ1n) is 19.9. The Labute approximate surface area is 340 Å². The van der Waals surface area contributed by atoms with Crippen LogP contribution in [0, 0.1) is 0 Å². The Kier molecular flexibility index (Phi) is 15.4. The number of benzene rings is 3. The van der Waals surface area contributed by atoms with Gasteiger partial charge in [-0.1, -0.05) is 73.9 Å². The summed E-state index contributed by atoms with van der Waals surface area (Å²) in [6, 6.07) is 18.2. The number of carbonyl (C=O) groups is 6. The number of aryl methyl sites for hydroxylation is 1. The SMILES string of the molecule is CC(C)(C)OC(=O)C(Oc1ccc(C[C@H](N)C(=O)NC2(C(=O)N[C@@H](CC(N)=O)C(=O)NCCCc3cccc4ccccc34)CCCCC2)cc1)C(=O)OC(C)(C)C. The molecular weight excluding hydrogens is 743 g/mol. The van der Waals surface area contributed by atoms with Crippen molar-refractivity contribution in [2.45, 2.75) is 134 Å². The maximum atomic E-state index is 14.0. The summed E-state index contributed by atoms with van der Waals surface area (Å²) in [6.45, 7) is 10.3. The van der Waals surface area contributed by atoms with Crippen LogP contribution in [0.15, 0.2) is 66.7 Å². The van der Waals surface area contributed by atoms with Crippen molar-refractivity contribution in [1.82, 2.24) is 16.0 Å². The number of hydrogen-bond acceptors (Lipinski definition) is 10. The van der Waals surface area contributed by atoms with Crippen LogP contribution in [0.25, 0.3) is 10.8 Å². The molecule has 7 N–H and O–H groups in total. The number of hydrogen-bond donors (Lipinski definition) is 5. The summed E-state index contributed by atoms with van der Waals surface area (Å²) in [4.78, 5) is 78.7. The second kappa shape index (κ2) is 19.8. The Morgan fingerprint density at radius 1 is 0.776 bits per heavy atom. The molecular formula is C44H59N5O9. The fourth-order valence-electron chi connectivity index (χ4n) is 6.81. The second-order valence-corrected chi connectivity index (χ2v) is 16.9. The van der Waals surface area contributed by atoms with Crippen molar-refractivity contribution in [3.63, 3.8) is 0 Å². The van der Waals surface area contributed by atoms with Crippen molar-refractivity contribution in [2.75, 3.05) is 6.54 Å². The average molecular weight is 802 g/mol. The molecule has 0 unspecified atom stereocenters. The van der Waals surface area contributed by atoms with Gasteiger partial charge in [-0.15, -0.1) is 0 Å². The van der Waals surface area contributed by atoms with Gasteiger partial charge < -0.3 is 41.6 Å². The van der Waals surface area contributed by atoms with Gasteiger partial charge in [0.05, 0.1) is 12.5 Å². The molecule has 58 heavy (non-hydrogen) atoms. The highest BCUT2D eigenvalue weighted by Crippen LogP contribution is 2.29. The summed E-state index contributed by atoms with van der Waals surface area (Å²) in [5, 5.41) is 10.7. The van der Waals surface area contributed by atoms with Gasteiger partial charge in [-0.2, -0.15) is 0 Å². The minimum atomic E-state index is -1.68. The largest absolute Gasteiger partial charge is 0.467 e. The molecule has 1 aliphatic rings. The Bertz CT molecular complexity index is 1890. The van der Waals surface area contributed by atoms with E-state index < -0.39 is 76.9 Å². The number of esters is 2. The van der Waals surface area contributed by atoms with E-state index in [0.717, 1.165) is 22.8 Å². The first kappa shape index (κ1) is 45.2. The van der Waals surface area contributed by atoms with E-state index in [-0.39, 0.29) is 12.2 Å². The summed E-state index contributed by atoms with van der Waals surface area (Å²) in [5.41, 5.74) is 10.5. The number of nitrogens with one attached hydrogen (secondary N) is 3. The number of ether oxygens (including phenoxy) is 3. The van der Waals surface area contributed by atoms with Crippen LogP contribution in [0.1, 0.15) is 97.6 Å². The standard InChI is InChI=1S/C44H59N5O9/c1-42(2,3)57-39(53)36(40(54)58-43(4,5)6)56-31-21-19-28(20-22-31)26-33(45)37(51)49-44(23-10-7-11-24-44)41(55)48-34(27-35(46)50)38(52)47-25-13-17-30-16-12-15-29-14-8-9-18-32(29)30/h8-9,12,14-16,18-22,33-34,36H,7,10-11,13,17,23-27,45H2,1-6H3,(H2,46,50)(H,47,52)(H,48,55)(H,49,51)/t33-,34-/m0/s1. The van der Waals surface area contributed by atoms with Gasteiger partial charge in [-0.3, -0.25) is 19.2 Å². The quantitative estimate of drug-likeness (QED) is 0.0749. The molecule has 0 aromatic heterocycles. The zero-order chi connectivity index (χ0) is 42.7. The van der Waals surface area contributed by atoms with E-state index in [1.807, 2.05) is 30.3 Å². The molecule has 3 aromatic rings. The van der Waals surface area contributed by atoms with Gasteiger partial charge in [0.15, 0.2) is 0 Å². The third-order valence-corrected chi connectivity index (χ3v) is 9.54. The lowest BCUT2D eigenvalue weighted by Crippen LogP contribution is -2.64. The summed E-state index contributed by atoms with van der Waals surface area (Å²) in [5.74, 6) is -4.09. The number of fused-ring (bicyclic) bond motifs is 1. The van der Waals surface area contributed by atoms with Crippen molar-refractivity contribution < 1.29 is 43.0 Å². The first-order chi connectivity index (χ1) is 27.2. The van der Waals surface area contributed by atoms with Gasteiger partial charge in [0.1, 0.15) is 28.5 Å². The predicted octanol–water partition coefficient (Wildman–Crippen LogP) is 4.07. The van der Waals surface area contributed by atoms with Gasteiger partial charge in [0.25, 0.3) is 6.10 Å². The van der Waals surface area contributed by atoms with Gasteiger partial charge in [-0.05, 0) is 108 Å². The molecule has 0 aliphatic heterocycles. The number of primary amides is 1. The summed E-state index contributed by atoms with van der Waals surface area (Å²) in [7, 11) is 0. The molecule has 14 heteroatoms. The van der Waals surface area contributed by atoms with E-state index in [0.29, 0.717) is 50.6 Å². The lowest BCUT2D eigenvalue weighted by atomic mass is 9.80. The minimum absolute atomic E-state index is 0.0802. The van der Waals surface area contributed by atoms with Gasteiger partial charge in [0, 0.05) is 6.54 Å². The molecule has 0 heterocycles. The van der Waals surface area contributed by atoms with E-state index >= 15 is 0 Å². The van der Waals surface area contributed by atoms with Crippen molar-refractivity contribution in [3.8, 4) is 5.75 Å². The molecule has 0 radical (unpaired) electrons. The van der Waals surface area contributed by atoms with Gasteiger partial charge in [0.2, 0.25) is 23.6 Å². The van der Waals surface area contributed by atoms with Crippen LogP contribution >= 0.6 is 0 Å². The third kappa shape index (κ3) is 13.6. The molecule has 314 valence electrons. The van der Waals surface area contributed by atoms with Crippen LogP contribution in [0.2, 0.25) is 0 Å². The second-order valence-electron chi connectivity index (χ2n) is 16.9. The summed E-state index contributed by atoms with van der Waals surface area (Å²) in [6.07, 6.45) is 2.12. The van der Waals surface area contributed by atoms with E-state index in [2.05, 4.69) is 28.1 Å². The Hall–Kier alpha value is -5.50. The highest BCUT2D eigenvalue weighted by Gasteiger charge is 2.43. The van der Waals surface area contributed by atoms with Crippen LogP contribution < -0.4 is 32.2 Å². The smallest absolute Gasteiger partial charge is 0.359 e. The van der Waals surface area contributed by atoms with E-state index in [9.17, 15) is 28.8 Å². The molecule has 1 fully saturated rings. The zero-order valence-corrected chi connectivity index (χ0v) is 34.5. The zero-order valence-electron chi connectivity index (χ0n) is 34.5. The Morgan fingerprint density at radius 3 is 1.98 bits per heavy atom. The van der Waals surface area contributed by atoms with E-state index in [1.165, 1.54) is 12.1 Å². The normalized spacial score (nSPS) is 15.1. The molecule has 0 bridgehead atoms. The highest BCUT2D eigenvalue weighted by atomic mass is 16.6. The van der Waals surface area contributed by atoms with Crippen LogP contribution in [-0.4, -0.2) is 77.0 Å². The molecule has 1 saturated carbocycles. The number of rotatable bonds is 17. The highest BCUT2D eigenvalue weighted by molar-refractivity contribution is 5.99. The predicted molar refractivity (Wildman–Crippen MR) is 219 cm³/mol. The average Bonchev–Trinajstić information content (AvgIpc) is 3.14.